The SMILES string of the molecule is CCCOC(=O)c1ccc(NS(=O)(=O)c2ccc(C(C)CC)cc2)cc1. The maximum absolute atomic E-state index is 12.5. The van der Waals surface area contributed by atoms with Gasteiger partial charge in [-0.2, -0.15) is 0 Å². The summed E-state index contributed by atoms with van der Waals surface area (Å²) in [7, 11) is -3.68. The molecule has 0 saturated heterocycles. The third kappa shape index (κ3) is 5.08. The zero-order valence-corrected chi connectivity index (χ0v) is 16.2. The molecule has 0 aliphatic rings. The molecule has 140 valence electrons. The average molecular weight is 375 g/mol. The van der Waals surface area contributed by atoms with Crippen LogP contribution in [0.5, 0.6) is 0 Å². The molecule has 1 N–H and O–H groups in total. The number of carbonyl (C=O) groups is 1. The van der Waals surface area contributed by atoms with E-state index >= 15 is 0 Å². The van der Waals surface area contributed by atoms with Crippen molar-refractivity contribution in [2.45, 2.75) is 44.4 Å². The molecule has 0 heterocycles. The Balaban J connectivity index is 2.10. The lowest BCUT2D eigenvalue weighted by Gasteiger charge is -2.12. The van der Waals surface area contributed by atoms with Crippen molar-refractivity contribution in [1.29, 1.82) is 0 Å². The Morgan fingerprint density at radius 3 is 2.19 bits per heavy atom. The second-order valence-corrected chi connectivity index (χ2v) is 7.88. The Labute approximate surface area is 155 Å². The molecular weight excluding hydrogens is 350 g/mol. The minimum absolute atomic E-state index is 0.205. The van der Waals surface area contributed by atoms with Crippen LogP contribution in [0.1, 0.15) is 55.5 Å². The first-order valence-corrected chi connectivity index (χ1v) is 10.3. The number of hydrogen-bond donors (Lipinski definition) is 1. The molecule has 0 spiro atoms. The first kappa shape index (κ1) is 20.0. The highest BCUT2D eigenvalue weighted by Crippen LogP contribution is 2.22. The lowest BCUT2D eigenvalue weighted by molar-refractivity contribution is 0.0505. The summed E-state index contributed by atoms with van der Waals surface area (Å²) in [6.07, 6.45) is 1.75. The van der Waals surface area contributed by atoms with Crippen molar-refractivity contribution >= 4 is 21.7 Å². The van der Waals surface area contributed by atoms with Gasteiger partial charge < -0.3 is 4.74 Å². The Kier molecular flexibility index (Phi) is 6.80. The Hall–Kier alpha value is -2.34. The molecule has 0 amide bonds. The van der Waals surface area contributed by atoms with Crippen molar-refractivity contribution in [3.8, 4) is 0 Å². The van der Waals surface area contributed by atoms with Crippen LogP contribution in [0.15, 0.2) is 53.4 Å². The van der Waals surface area contributed by atoms with Crippen LogP contribution in [0.25, 0.3) is 0 Å². The van der Waals surface area contributed by atoms with Gasteiger partial charge in [0.05, 0.1) is 17.1 Å². The molecule has 0 radical (unpaired) electrons. The third-order valence-corrected chi connectivity index (χ3v) is 5.58. The Morgan fingerprint density at radius 1 is 1.04 bits per heavy atom. The smallest absolute Gasteiger partial charge is 0.338 e. The van der Waals surface area contributed by atoms with Crippen molar-refractivity contribution in [3.05, 3.63) is 59.7 Å². The summed E-state index contributed by atoms with van der Waals surface area (Å²) in [6, 6.07) is 13.1. The van der Waals surface area contributed by atoms with Crippen LogP contribution < -0.4 is 4.72 Å². The molecule has 1 unspecified atom stereocenters. The number of esters is 1. The fraction of sp³-hybridized carbons (Fsp3) is 0.350. The second kappa shape index (κ2) is 8.85. The van der Waals surface area contributed by atoms with Gasteiger partial charge in [-0.15, -0.1) is 0 Å². The first-order valence-electron chi connectivity index (χ1n) is 8.77. The fourth-order valence-corrected chi connectivity index (χ4v) is 3.44. The number of benzene rings is 2. The summed E-state index contributed by atoms with van der Waals surface area (Å²) < 4.78 is 32.6. The number of nitrogens with one attached hydrogen (secondary N) is 1. The summed E-state index contributed by atoms with van der Waals surface area (Å²) in [5.74, 6) is -0.0263. The highest BCUT2D eigenvalue weighted by Gasteiger charge is 2.15. The van der Waals surface area contributed by atoms with Crippen LogP contribution in [0.2, 0.25) is 0 Å². The molecule has 2 aromatic rings. The van der Waals surface area contributed by atoms with Crippen LogP contribution in [-0.2, 0) is 14.8 Å². The van der Waals surface area contributed by atoms with Crippen LogP contribution >= 0.6 is 0 Å². The van der Waals surface area contributed by atoms with Gasteiger partial charge in [-0.05, 0) is 60.7 Å². The van der Waals surface area contributed by atoms with Crippen LogP contribution in [-0.4, -0.2) is 21.0 Å². The van der Waals surface area contributed by atoms with Gasteiger partial charge in [0.25, 0.3) is 10.0 Å². The minimum Gasteiger partial charge on any atom is -0.462 e. The van der Waals surface area contributed by atoms with Gasteiger partial charge in [-0.1, -0.05) is 32.9 Å². The van der Waals surface area contributed by atoms with E-state index in [0.717, 1.165) is 18.4 Å². The van der Waals surface area contributed by atoms with Crippen LogP contribution in [0.3, 0.4) is 0 Å². The van der Waals surface area contributed by atoms with E-state index in [1.54, 1.807) is 36.4 Å². The number of hydrogen-bond acceptors (Lipinski definition) is 4. The molecule has 6 heteroatoms. The van der Waals surface area contributed by atoms with Crippen molar-refractivity contribution in [2.75, 3.05) is 11.3 Å². The molecule has 2 aromatic carbocycles. The molecule has 0 aliphatic heterocycles. The third-order valence-electron chi connectivity index (χ3n) is 4.18. The molecule has 26 heavy (non-hydrogen) atoms. The van der Waals surface area contributed by atoms with E-state index in [1.807, 2.05) is 19.1 Å². The van der Waals surface area contributed by atoms with Gasteiger partial charge in [0, 0.05) is 5.69 Å². The van der Waals surface area contributed by atoms with Gasteiger partial charge in [0.2, 0.25) is 0 Å². The standard InChI is InChI=1S/C20H25NO4S/c1-4-14-25-20(22)17-6-10-18(11-7-17)21-26(23,24)19-12-8-16(9-13-19)15(3)5-2/h6-13,15,21H,4-5,14H2,1-3H3. The summed E-state index contributed by atoms with van der Waals surface area (Å²) in [6.45, 7) is 6.48. The highest BCUT2D eigenvalue weighted by molar-refractivity contribution is 7.92. The number of carbonyl (C=O) groups excluding carboxylic acids is 1. The predicted octanol–water partition coefficient (Wildman–Crippen LogP) is 4.57. The average Bonchev–Trinajstić information content (AvgIpc) is 2.65. The molecule has 0 aliphatic carbocycles. The van der Waals surface area contributed by atoms with Gasteiger partial charge in [0.1, 0.15) is 0 Å². The Bertz CT molecular complexity index is 827. The van der Waals surface area contributed by atoms with E-state index in [4.69, 9.17) is 4.74 Å². The predicted molar refractivity (Wildman–Crippen MR) is 103 cm³/mol. The first-order chi connectivity index (χ1) is 12.4. The molecule has 0 saturated carbocycles. The number of rotatable bonds is 8. The number of anilines is 1. The minimum atomic E-state index is -3.68. The molecule has 0 fully saturated rings. The largest absolute Gasteiger partial charge is 0.462 e. The monoisotopic (exact) mass is 375 g/mol. The van der Waals surface area contributed by atoms with E-state index in [0.29, 0.717) is 23.8 Å². The maximum Gasteiger partial charge on any atom is 0.338 e. The summed E-state index contributed by atoms with van der Waals surface area (Å²) in [5.41, 5.74) is 1.89. The molecule has 0 aromatic heterocycles. The zero-order valence-electron chi connectivity index (χ0n) is 15.4. The zero-order chi connectivity index (χ0) is 19.2. The maximum atomic E-state index is 12.5. The highest BCUT2D eigenvalue weighted by atomic mass is 32.2. The summed E-state index contributed by atoms with van der Waals surface area (Å²) in [4.78, 5) is 12.0. The molecular formula is C20H25NO4S. The lowest BCUT2D eigenvalue weighted by atomic mass is 9.99. The van der Waals surface area contributed by atoms with Crippen molar-refractivity contribution in [3.63, 3.8) is 0 Å². The van der Waals surface area contributed by atoms with Crippen LogP contribution in [0, 0.1) is 0 Å². The molecule has 1 atom stereocenters. The van der Waals surface area contributed by atoms with E-state index in [1.165, 1.54) is 0 Å². The number of ether oxygens (including phenoxy) is 1. The fourth-order valence-electron chi connectivity index (χ4n) is 2.38. The topological polar surface area (TPSA) is 72.5 Å². The van der Waals surface area contributed by atoms with E-state index in [-0.39, 0.29) is 4.90 Å². The van der Waals surface area contributed by atoms with E-state index in [2.05, 4.69) is 18.6 Å². The number of sulfonamides is 1. The van der Waals surface area contributed by atoms with E-state index < -0.39 is 16.0 Å². The molecule has 5 nitrogen and oxygen atoms in total. The van der Waals surface area contributed by atoms with Crippen molar-refractivity contribution < 1.29 is 17.9 Å². The van der Waals surface area contributed by atoms with Crippen molar-refractivity contribution in [1.82, 2.24) is 0 Å². The van der Waals surface area contributed by atoms with Crippen LogP contribution in [0.4, 0.5) is 5.69 Å². The van der Waals surface area contributed by atoms with Gasteiger partial charge in [0.15, 0.2) is 0 Å². The van der Waals surface area contributed by atoms with Gasteiger partial charge >= 0.3 is 5.97 Å². The summed E-state index contributed by atoms with van der Waals surface area (Å²) >= 11 is 0. The molecule has 2 rings (SSSR count). The van der Waals surface area contributed by atoms with Gasteiger partial charge in [-0.25, -0.2) is 13.2 Å². The van der Waals surface area contributed by atoms with E-state index in [9.17, 15) is 13.2 Å². The normalized spacial score (nSPS) is 12.4. The lowest BCUT2D eigenvalue weighted by Crippen LogP contribution is -2.13. The summed E-state index contributed by atoms with van der Waals surface area (Å²) in [5, 5.41) is 0. The Morgan fingerprint density at radius 2 is 1.65 bits per heavy atom. The second-order valence-electron chi connectivity index (χ2n) is 6.20. The van der Waals surface area contributed by atoms with Crippen molar-refractivity contribution in [2.24, 2.45) is 0 Å². The van der Waals surface area contributed by atoms with Gasteiger partial charge in [-0.3, -0.25) is 4.72 Å². The quantitative estimate of drug-likeness (QED) is 0.686. The molecule has 0 bridgehead atoms.